The monoisotopic (exact) mass is 354 g/mol. The molecule has 3 rings (SSSR count). The number of carbonyl (C=O) groups excluding carboxylic acids is 2. The minimum absolute atomic E-state index is 0.213. The van der Waals surface area contributed by atoms with Gasteiger partial charge in [-0.2, -0.15) is 15.3 Å². The zero-order chi connectivity index (χ0) is 18.6. The molecule has 2 aromatic heterocycles. The van der Waals surface area contributed by atoms with E-state index in [9.17, 15) is 9.59 Å². The van der Waals surface area contributed by atoms with Crippen LogP contribution in [0.5, 0.6) is 0 Å². The van der Waals surface area contributed by atoms with Gasteiger partial charge in [0, 0.05) is 32.0 Å². The van der Waals surface area contributed by atoms with Crippen LogP contribution >= 0.6 is 0 Å². The molecule has 0 aromatic carbocycles. The highest BCUT2D eigenvalue weighted by Crippen LogP contribution is 2.36. The van der Waals surface area contributed by atoms with E-state index in [2.05, 4.69) is 31.5 Å². The molecule has 0 radical (unpaired) electrons. The van der Waals surface area contributed by atoms with E-state index >= 15 is 0 Å². The SMILES string of the molecule is C#CCCC1(CCNC(=O)c2ccnc3c(C(=O)OCC)cnn23)N=N1. The van der Waals surface area contributed by atoms with E-state index in [1.54, 1.807) is 6.92 Å². The quantitative estimate of drug-likeness (QED) is 0.572. The Balaban J connectivity index is 1.67. The Kier molecular flexibility index (Phi) is 4.93. The second-order valence-electron chi connectivity index (χ2n) is 5.74. The maximum Gasteiger partial charge on any atom is 0.343 e. The lowest BCUT2D eigenvalue weighted by atomic mass is 10.0. The van der Waals surface area contributed by atoms with Crippen LogP contribution in [0.1, 0.15) is 47.0 Å². The highest BCUT2D eigenvalue weighted by Gasteiger charge is 2.38. The maximum atomic E-state index is 12.5. The summed E-state index contributed by atoms with van der Waals surface area (Å²) in [5, 5.41) is 15.0. The Labute approximate surface area is 149 Å². The predicted molar refractivity (Wildman–Crippen MR) is 91.5 cm³/mol. The third-order valence-electron chi connectivity index (χ3n) is 3.99. The van der Waals surface area contributed by atoms with Gasteiger partial charge in [-0.25, -0.2) is 14.3 Å². The molecule has 0 fully saturated rings. The summed E-state index contributed by atoms with van der Waals surface area (Å²) >= 11 is 0. The van der Waals surface area contributed by atoms with E-state index in [1.807, 2.05) is 0 Å². The molecule has 0 bridgehead atoms. The summed E-state index contributed by atoms with van der Waals surface area (Å²) in [5.41, 5.74) is 0.308. The third-order valence-corrected chi connectivity index (χ3v) is 3.99. The molecule has 3 heterocycles. The first-order valence-corrected chi connectivity index (χ1v) is 8.26. The number of nitrogens with zero attached hydrogens (tertiary/aromatic N) is 5. The summed E-state index contributed by atoms with van der Waals surface area (Å²) in [6.45, 7) is 2.35. The smallest absolute Gasteiger partial charge is 0.343 e. The van der Waals surface area contributed by atoms with Crippen molar-refractivity contribution in [1.29, 1.82) is 0 Å². The lowest BCUT2D eigenvalue weighted by Gasteiger charge is -2.10. The molecule has 1 N–H and O–H groups in total. The van der Waals surface area contributed by atoms with Crippen molar-refractivity contribution >= 4 is 17.5 Å². The van der Waals surface area contributed by atoms with Crippen LogP contribution < -0.4 is 5.32 Å². The fraction of sp³-hybridized carbons (Fsp3) is 0.412. The number of fused-ring (bicyclic) bond motifs is 1. The minimum atomic E-state index is -0.528. The number of esters is 1. The first kappa shape index (κ1) is 17.5. The zero-order valence-corrected chi connectivity index (χ0v) is 14.3. The van der Waals surface area contributed by atoms with Crippen molar-refractivity contribution in [2.24, 2.45) is 10.2 Å². The molecule has 1 aliphatic rings. The van der Waals surface area contributed by atoms with Crippen molar-refractivity contribution in [1.82, 2.24) is 19.9 Å². The van der Waals surface area contributed by atoms with E-state index in [-0.39, 0.29) is 29.4 Å². The van der Waals surface area contributed by atoms with Gasteiger partial charge in [-0.3, -0.25) is 4.79 Å². The van der Waals surface area contributed by atoms with Crippen molar-refractivity contribution in [2.75, 3.05) is 13.2 Å². The van der Waals surface area contributed by atoms with E-state index in [0.717, 1.165) is 0 Å². The summed E-state index contributed by atoms with van der Waals surface area (Å²) in [6.07, 6.45) is 9.91. The predicted octanol–water partition coefficient (Wildman–Crippen LogP) is 1.60. The van der Waals surface area contributed by atoms with Gasteiger partial charge < -0.3 is 10.1 Å². The summed E-state index contributed by atoms with van der Waals surface area (Å²) in [4.78, 5) is 28.5. The van der Waals surface area contributed by atoms with Crippen LogP contribution in [0.4, 0.5) is 0 Å². The number of hydrogen-bond acceptors (Lipinski definition) is 7. The molecular formula is C17H18N6O3. The molecule has 9 heteroatoms. The van der Waals surface area contributed by atoms with Gasteiger partial charge in [0.2, 0.25) is 0 Å². The number of rotatable bonds is 8. The fourth-order valence-electron chi connectivity index (χ4n) is 2.55. The number of hydrogen-bond donors (Lipinski definition) is 1. The Hall–Kier alpha value is -3.28. The van der Waals surface area contributed by atoms with E-state index in [0.29, 0.717) is 25.8 Å². The van der Waals surface area contributed by atoms with E-state index in [1.165, 1.54) is 23.0 Å². The number of terminal acetylenes is 1. The lowest BCUT2D eigenvalue weighted by molar-refractivity contribution is 0.0528. The van der Waals surface area contributed by atoms with Gasteiger partial charge in [0.1, 0.15) is 11.3 Å². The van der Waals surface area contributed by atoms with Crippen LogP contribution in [0, 0.1) is 12.3 Å². The number of carbonyl (C=O) groups is 2. The average Bonchev–Trinajstić information content (AvgIpc) is 3.27. The van der Waals surface area contributed by atoms with Gasteiger partial charge in [0.05, 0.1) is 12.8 Å². The highest BCUT2D eigenvalue weighted by atomic mass is 16.5. The van der Waals surface area contributed by atoms with Gasteiger partial charge in [-0.15, -0.1) is 12.3 Å². The van der Waals surface area contributed by atoms with Crippen molar-refractivity contribution in [3.63, 3.8) is 0 Å². The Morgan fingerprint density at radius 1 is 1.38 bits per heavy atom. The largest absolute Gasteiger partial charge is 0.462 e. The van der Waals surface area contributed by atoms with Crippen molar-refractivity contribution in [3.8, 4) is 12.3 Å². The van der Waals surface area contributed by atoms with E-state index in [4.69, 9.17) is 11.2 Å². The molecule has 26 heavy (non-hydrogen) atoms. The van der Waals surface area contributed by atoms with Gasteiger partial charge >= 0.3 is 5.97 Å². The number of ether oxygens (including phenoxy) is 1. The van der Waals surface area contributed by atoms with Crippen LogP contribution in [0.15, 0.2) is 28.7 Å². The molecule has 0 spiro atoms. The van der Waals surface area contributed by atoms with Crippen LogP contribution in [0.25, 0.3) is 5.65 Å². The summed E-state index contributed by atoms with van der Waals surface area (Å²) < 4.78 is 6.29. The molecular weight excluding hydrogens is 336 g/mol. The summed E-state index contributed by atoms with van der Waals surface area (Å²) in [7, 11) is 0. The van der Waals surface area contributed by atoms with Gasteiger partial charge in [-0.05, 0) is 13.0 Å². The first-order chi connectivity index (χ1) is 12.6. The molecule has 134 valence electrons. The van der Waals surface area contributed by atoms with Crippen LogP contribution in [0.2, 0.25) is 0 Å². The molecule has 1 aliphatic heterocycles. The summed E-state index contributed by atoms with van der Waals surface area (Å²) in [5.74, 6) is 1.71. The molecule has 9 nitrogen and oxygen atoms in total. The van der Waals surface area contributed by atoms with Crippen LogP contribution in [-0.4, -0.2) is 45.3 Å². The van der Waals surface area contributed by atoms with Crippen LogP contribution in [0.3, 0.4) is 0 Å². The number of nitrogens with one attached hydrogen (secondary N) is 1. The topological polar surface area (TPSA) is 110 Å². The molecule has 0 atom stereocenters. The third kappa shape index (κ3) is 3.54. The first-order valence-electron chi connectivity index (χ1n) is 8.26. The van der Waals surface area contributed by atoms with Crippen molar-refractivity contribution in [2.45, 2.75) is 31.8 Å². The van der Waals surface area contributed by atoms with Crippen LogP contribution in [-0.2, 0) is 4.74 Å². The Morgan fingerprint density at radius 3 is 2.88 bits per heavy atom. The van der Waals surface area contributed by atoms with Gasteiger partial charge in [-0.1, -0.05) is 0 Å². The number of amides is 1. The highest BCUT2D eigenvalue weighted by molar-refractivity contribution is 5.97. The lowest BCUT2D eigenvalue weighted by Crippen LogP contribution is -2.30. The second kappa shape index (κ2) is 7.31. The Morgan fingerprint density at radius 2 is 2.19 bits per heavy atom. The number of aromatic nitrogens is 3. The minimum Gasteiger partial charge on any atom is -0.462 e. The summed E-state index contributed by atoms with van der Waals surface area (Å²) in [6, 6.07) is 1.53. The van der Waals surface area contributed by atoms with Crippen molar-refractivity contribution in [3.05, 3.63) is 29.7 Å². The molecule has 0 saturated heterocycles. The molecule has 2 aromatic rings. The standard InChI is InChI=1S/C17H18N6O3/c1-3-5-7-17(21-22-17)8-10-19-15(24)13-6-9-18-14-12(11-20-23(13)14)16(25)26-4-2/h1,6,9,11H,4-5,7-8,10H2,2H3,(H,19,24). The normalized spacial score (nSPS) is 14.0. The van der Waals surface area contributed by atoms with Crippen molar-refractivity contribution < 1.29 is 14.3 Å². The molecule has 0 unspecified atom stereocenters. The fourth-order valence-corrected chi connectivity index (χ4v) is 2.55. The molecule has 0 aliphatic carbocycles. The maximum absolute atomic E-state index is 12.5. The van der Waals surface area contributed by atoms with E-state index < -0.39 is 11.6 Å². The van der Waals surface area contributed by atoms with Gasteiger partial charge in [0.25, 0.3) is 5.91 Å². The zero-order valence-electron chi connectivity index (χ0n) is 14.3. The average molecular weight is 354 g/mol. The molecule has 0 saturated carbocycles. The van der Waals surface area contributed by atoms with Gasteiger partial charge in [0.15, 0.2) is 11.3 Å². The Bertz CT molecular complexity index is 905. The second-order valence-corrected chi connectivity index (χ2v) is 5.74. The molecule has 1 amide bonds.